The van der Waals surface area contributed by atoms with Gasteiger partial charge in [-0.05, 0) is 19.1 Å². The standard InChI is InChI=1S/C11H11FN2O3/c1-7(15)9-3-2-8(4-10(9)12)16-5-11-13-6-17-14-11/h2-4,6-7,15H,5H2,1H3. The van der Waals surface area contributed by atoms with E-state index in [4.69, 9.17) is 4.74 Å². The highest BCUT2D eigenvalue weighted by molar-refractivity contribution is 5.30. The van der Waals surface area contributed by atoms with E-state index in [2.05, 4.69) is 14.7 Å². The Kier molecular flexibility index (Phi) is 3.34. The summed E-state index contributed by atoms with van der Waals surface area (Å²) in [6.45, 7) is 1.60. The number of nitrogens with zero attached hydrogens (tertiary/aromatic N) is 2. The van der Waals surface area contributed by atoms with Crippen LogP contribution in [0.5, 0.6) is 5.75 Å². The zero-order valence-corrected chi connectivity index (χ0v) is 9.13. The fraction of sp³-hybridized carbons (Fsp3) is 0.273. The van der Waals surface area contributed by atoms with Crippen molar-refractivity contribution in [3.05, 3.63) is 41.8 Å². The summed E-state index contributed by atoms with van der Waals surface area (Å²) in [5, 5.41) is 12.8. The molecule has 0 aliphatic rings. The van der Waals surface area contributed by atoms with E-state index < -0.39 is 11.9 Å². The fourth-order valence-corrected chi connectivity index (χ4v) is 1.34. The van der Waals surface area contributed by atoms with E-state index in [0.717, 1.165) is 0 Å². The minimum atomic E-state index is -0.846. The zero-order valence-electron chi connectivity index (χ0n) is 9.13. The molecule has 6 heteroatoms. The highest BCUT2D eigenvalue weighted by Gasteiger charge is 2.09. The predicted molar refractivity (Wildman–Crippen MR) is 55.7 cm³/mol. The Morgan fingerprint density at radius 1 is 1.53 bits per heavy atom. The third-order valence-corrected chi connectivity index (χ3v) is 2.20. The Morgan fingerprint density at radius 3 is 2.94 bits per heavy atom. The van der Waals surface area contributed by atoms with Gasteiger partial charge in [-0.1, -0.05) is 5.16 Å². The van der Waals surface area contributed by atoms with Crippen molar-refractivity contribution in [2.45, 2.75) is 19.6 Å². The van der Waals surface area contributed by atoms with Gasteiger partial charge in [-0.3, -0.25) is 0 Å². The van der Waals surface area contributed by atoms with Crippen LogP contribution in [0.3, 0.4) is 0 Å². The third-order valence-electron chi connectivity index (χ3n) is 2.20. The quantitative estimate of drug-likeness (QED) is 0.880. The summed E-state index contributed by atoms with van der Waals surface area (Å²) in [6.07, 6.45) is 0.344. The molecule has 0 bridgehead atoms. The number of ether oxygens (including phenoxy) is 1. The largest absolute Gasteiger partial charge is 0.485 e. The van der Waals surface area contributed by atoms with Crippen molar-refractivity contribution in [1.82, 2.24) is 10.1 Å². The van der Waals surface area contributed by atoms with Gasteiger partial charge in [0.2, 0.25) is 12.2 Å². The van der Waals surface area contributed by atoms with Gasteiger partial charge in [-0.15, -0.1) is 0 Å². The average molecular weight is 238 g/mol. The normalized spacial score (nSPS) is 12.4. The first kappa shape index (κ1) is 11.5. The van der Waals surface area contributed by atoms with Gasteiger partial charge < -0.3 is 14.4 Å². The molecule has 1 heterocycles. The summed E-state index contributed by atoms with van der Waals surface area (Å²) in [5.74, 6) is 0.215. The lowest BCUT2D eigenvalue weighted by atomic mass is 10.1. The Bertz CT molecular complexity index is 485. The summed E-state index contributed by atoms with van der Waals surface area (Å²) in [5.41, 5.74) is 0.233. The number of hydrogen-bond donors (Lipinski definition) is 1. The molecule has 0 aliphatic carbocycles. The lowest BCUT2D eigenvalue weighted by Crippen LogP contribution is -2.00. The molecule has 0 fully saturated rings. The molecule has 0 saturated carbocycles. The van der Waals surface area contributed by atoms with Crippen LogP contribution in [0.2, 0.25) is 0 Å². The van der Waals surface area contributed by atoms with Crippen LogP contribution >= 0.6 is 0 Å². The van der Waals surface area contributed by atoms with Gasteiger partial charge in [0.1, 0.15) is 11.6 Å². The molecule has 0 radical (unpaired) electrons. The summed E-state index contributed by atoms with van der Waals surface area (Å²) in [7, 11) is 0. The SMILES string of the molecule is CC(O)c1ccc(OCc2ncon2)cc1F. The van der Waals surface area contributed by atoms with Gasteiger partial charge >= 0.3 is 0 Å². The molecule has 0 amide bonds. The van der Waals surface area contributed by atoms with E-state index in [1.807, 2.05) is 0 Å². The molecule has 17 heavy (non-hydrogen) atoms. The van der Waals surface area contributed by atoms with Crippen LogP contribution in [0.1, 0.15) is 24.4 Å². The molecule has 1 unspecified atom stereocenters. The smallest absolute Gasteiger partial charge is 0.213 e. The van der Waals surface area contributed by atoms with Gasteiger partial charge in [-0.2, -0.15) is 4.98 Å². The highest BCUT2D eigenvalue weighted by Crippen LogP contribution is 2.22. The summed E-state index contributed by atoms with van der Waals surface area (Å²) >= 11 is 0. The molecule has 1 N–H and O–H groups in total. The van der Waals surface area contributed by atoms with E-state index in [-0.39, 0.29) is 12.2 Å². The molecule has 90 valence electrons. The maximum atomic E-state index is 13.5. The molecule has 1 aromatic carbocycles. The maximum absolute atomic E-state index is 13.5. The van der Waals surface area contributed by atoms with E-state index in [9.17, 15) is 9.50 Å². The number of aromatic nitrogens is 2. The molecule has 2 rings (SSSR count). The minimum absolute atomic E-state index is 0.101. The van der Waals surface area contributed by atoms with Gasteiger partial charge in [0, 0.05) is 11.6 Å². The number of halogens is 1. The summed E-state index contributed by atoms with van der Waals surface area (Å²) < 4.78 is 23.3. The Hall–Kier alpha value is -1.95. The Labute approximate surface area is 96.8 Å². The second kappa shape index (κ2) is 4.92. The zero-order chi connectivity index (χ0) is 12.3. The fourth-order valence-electron chi connectivity index (χ4n) is 1.34. The van der Waals surface area contributed by atoms with Crippen molar-refractivity contribution in [2.75, 3.05) is 0 Å². The number of hydrogen-bond acceptors (Lipinski definition) is 5. The summed E-state index contributed by atoms with van der Waals surface area (Å²) in [4.78, 5) is 3.76. The van der Waals surface area contributed by atoms with Crippen LogP contribution in [-0.4, -0.2) is 15.2 Å². The van der Waals surface area contributed by atoms with Crippen LogP contribution in [0.15, 0.2) is 29.1 Å². The maximum Gasteiger partial charge on any atom is 0.213 e. The molecule has 1 atom stereocenters. The first-order valence-corrected chi connectivity index (χ1v) is 5.02. The molecular weight excluding hydrogens is 227 g/mol. The topological polar surface area (TPSA) is 68.4 Å². The third kappa shape index (κ3) is 2.79. The monoisotopic (exact) mass is 238 g/mol. The molecule has 2 aromatic rings. The predicted octanol–water partition coefficient (Wildman–Crippen LogP) is 1.84. The van der Waals surface area contributed by atoms with E-state index >= 15 is 0 Å². The number of rotatable bonds is 4. The van der Waals surface area contributed by atoms with Crippen molar-refractivity contribution in [3.8, 4) is 5.75 Å². The van der Waals surface area contributed by atoms with Crippen LogP contribution in [0, 0.1) is 5.82 Å². The van der Waals surface area contributed by atoms with Gasteiger partial charge in [0.15, 0.2) is 6.61 Å². The second-order valence-corrected chi connectivity index (χ2v) is 3.50. The second-order valence-electron chi connectivity index (χ2n) is 3.50. The van der Waals surface area contributed by atoms with E-state index in [1.165, 1.54) is 25.5 Å². The number of benzene rings is 1. The van der Waals surface area contributed by atoms with Crippen LogP contribution < -0.4 is 4.74 Å². The van der Waals surface area contributed by atoms with Crippen molar-refractivity contribution in [1.29, 1.82) is 0 Å². The van der Waals surface area contributed by atoms with Crippen molar-refractivity contribution < 1.29 is 18.8 Å². The minimum Gasteiger partial charge on any atom is -0.485 e. The van der Waals surface area contributed by atoms with Crippen LogP contribution in [-0.2, 0) is 6.61 Å². The van der Waals surface area contributed by atoms with Gasteiger partial charge in [-0.25, -0.2) is 4.39 Å². The van der Waals surface area contributed by atoms with E-state index in [0.29, 0.717) is 11.6 Å². The lowest BCUT2D eigenvalue weighted by molar-refractivity contribution is 0.193. The highest BCUT2D eigenvalue weighted by atomic mass is 19.1. The molecular formula is C11H11FN2O3. The lowest BCUT2D eigenvalue weighted by Gasteiger charge is -2.08. The van der Waals surface area contributed by atoms with Gasteiger partial charge in [0.25, 0.3) is 0 Å². The van der Waals surface area contributed by atoms with Crippen molar-refractivity contribution in [3.63, 3.8) is 0 Å². The van der Waals surface area contributed by atoms with Crippen LogP contribution in [0.4, 0.5) is 4.39 Å². The van der Waals surface area contributed by atoms with Crippen molar-refractivity contribution >= 4 is 0 Å². The van der Waals surface area contributed by atoms with Crippen LogP contribution in [0.25, 0.3) is 0 Å². The molecule has 0 spiro atoms. The molecule has 1 aromatic heterocycles. The molecule has 0 saturated heterocycles. The van der Waals surface area contributed by atoms with Crippen molar-refractivity contribution in [2.24, 2.45) is 0 Å². The first-order chi connectivity index (χ1) is 8.16. The number of aliphatic hydroxyl groups excluding tert-OH is 1. The summed E-state index contributed by atoms with van der Waals surface area (Å²) in [6, 6.07) is 4.26. The van der Waals surface area contributed by atoms with Gasteiger partial charge in [0.05, 0.1) is 6.10 Å². The molecule has 5 nitrogen and oxygen atoms in total. The average Bonchev–Trinajstić information content (AvgIpc) is 2.78. The van der Waals surface area contributed by atoms with E-state index in [1.54, 1.807) is 6.07 Å². The first-order valence-electron chi connectivity index (χ1n) is 5.02. The Morgan fingerprint density at radius 2 is 2.35 bits per heavy atom. The number of aliphatic hydroxyl groups is 1. The Balaban J connectivity index is 2.05. The molecule has 0 aliphatic heterocycles.